The van der Waals surface area contributed by atoms with E-state index in [2.05, 4.69) is 16.7 Å². The smallest absolute Gasteiger partial charge is 0.300 e. The summed E-state index contributed by atoms with van der Waals surface area (Å²) < 4.78 is 38.4. The predicted octanol–water partition coefficient (Wildman–Crippen LogP) is 3.89. The quantitative estimate of drug-likeness (QED) is 0.795. The lowest BCUT2D eigenvalue weighted by atomic mass is 9.65. The first-order chi connectivity index (χ1) is 10.1. The zero-order valence-corrected chi connectivity index (χ0v) is 12.7. The fraction of sp³-hybridized carbons (Fsp3) is 0.562. The van der Waals surface area contributed by atoms with Crippen molar-refractivity contribution in [3.05, 3.63) is 29.6 Å². The van der Waals surface area contributed by atoms with Crippen LogP contribution in [0.3, 0.4) is 0 Å². The Morgan fingerprint density at radius 1 is 1.41 bits per heavy atom. The molecule has 1 aromatic rings. The second kappa shape index (κ2) is 5.82. The standard InChI is InChI=1S/C16H19F3N2O/c1-15(2)8-10(7-11(9-20-3)14(15)22)12-5-4-6-13(21-12)16(17,18)19/h4-6,10-11H,3,7-9H2,1-2H3. The lowest BCUT2D eigenvalue weighted by Gasteiger charge is -2.38. The van der Waals surface area contributed by atoms with E-state index in [-0.39, 0.29) is 17.6 Å². The molecule has 1 aromatic heterocycles. The molecule has 1 aliphatic carbocycles. The molecule has 0 radical (unpaired) electrons. The van der Waals surface area contributed by atoms with E-state index in [0.717, 1.165) is 6.07 Å². The van der Waals surface area contributed by atoms with Crippen LogP contribution in [0.15, 0.2) is 23.2 Å². The Morgan fingerprint density at radius 2 is 2.09 bits per heavy atom. The molecule has 0 amide bonds. The number of alkyl halides is 3. The molecule has 0 aliphatic heterocycles. The normalized spacial score (nSPS) is 25.0. The molecular formula is C16H19F3N2O. The minimum atomic E-state index is -4.46. The van der Waals surface area contributed by atoms with Gasteiger partial charge in [-0.15, -0.1) is 0 Å². The van der Waals surface area contributed by atoms with Gasteiger partial charge in [0.25, 0.3) is 0 Å². The summed E-state index contributed by atoms with van der Waals surface area (Å²) in [5.74, 6) is -0.382. The number of aromatic nitrogens is 1. The first-order valence-corrected chi connectivity index (χ1v) is 7.16. The zero-order valence-electron chi connectivity index (χ0n) is 12.7. The first-order valence-electron chi connectivity index (χ1n) is 7.16. The van der Waals surface area contributed by atoms with Gasteiger partial charge in [0.1, 0.15) is 11.5 Å². The third-order valence-corrected chi connectivity index (χ3v) is 4.19. The molecule has 1 aliphatic rings. The van der Waals surface area contributed by atoms with E-state index in [1.165, 1.54) is 6.07 Å². The van der Waals surface area contributed by atoms with Crippen molar-refractivity contribution in [2.24, 2.45) is 16.3 Å². The number of hydrogen-bond donors (Lipinski definition) is 0. The van der Waals surface area contributed by atoms with Gasteiger partial charge in [-0.3, -0.25) is 4.79 Å². The van der Waals surface area contributed by atoms with Crippen LogP contribution < -0.4 is 0 Å². The molecule has 0 bridgehead atoms. The van der Waals surface area contributed by atoms with Crippen molar-refractivity contribution in [2.45, 2.75) is 38.8 Å². The van der Waals surface area contributed by atoms with Crippen LogP contribution in [0.2, 0.25) is 0 Å². The lowest BCUT2D eigenvalue weighted by Crippen LogP contribution is -2.40. The average Bonchev–Trinajstić information content (AvgIpc) is 2.43. The fourth-order valence-corrected chi connectivity index (χ4v) is 3.18. The Balaban J connectivity index is 2.32. The van der Waals surface area contributed by atoms with Crippen LogP contribution in [0.25, 0.3) is 0 Å². The van der Waals surface area contributed by atoms with Gasteiger partial charge in [0.05, 0.1) is 0 Å². The van der Waals surface area contributed by atoms with Gasteiger partial charge in [-0.2, -0.15) is 13.2 Å². The molecule has 0 saturated heterocycles. The lowest BCUT2D eigenvalue weighted by molar-refractivity contribution is -0.141. The fourth-order valence-electron chi connectivity index (χ4n) is 3.18. The van der Waals surface area contributed by atoms with Crippen molar-refractivity contribution in [2.75, 3.05) is 6.54 Å². The summed E-state index contributed by atoms with van der Waals surface area (Å²) in [6.45, 7) is 7.37. The van der Waals surface area contributed by atoms with Gasteiger partial charge in [-0.05, 0) is 31.7 Å². The monoisotopic (exact) mass is 312 g/mol. The number of Topliss-reactive ketones (excluding diaryl/α,β-unsaturated/α-hetero) is 1. The summed E-state index contributed by atoms with van der Waals surface area (Å²) in [6, 6.07) is 3.94. The van der Waals surface area contributed by atoms with Crippen molar-refractivity contribution in [1.29, 1.82) is 0 Å². The van der Waals surface area contributed by atoms with Crippen LogP contribution in [0.1, 0.15) is 44.0 Å². The number of pyridine rings is 1. The van der Waals surface area contributed by atoms with E-state index in [1.54, 1.807) is 6.07 Å². The topological polar surface area (TPSA) is 42.3 Å². The van der Waals surface area contributed by atoms with E-state index in [4.69, 9.17) is 0 Å². The largest absolute Gasteiger partial charge is 0.433 e. The molecule has 6 heteroatoms. The van der Waals surface area contributed by atoms with E-state index < -0.39 is 17.3 Å². The van der Waals surface area contributed by atoms with Gasteiger partial charge < -0.3 is 4.99 Å². The molecule has 120 valence electrons. The van der Waals surface area contributed by atoms with Crippen molar-refractivity contribution in [1.82, 2.24) is 4.98 Å². The predicted molar refractivity (Wildman–Crippen MR) is 77.9 cm³/mol. The Kier molecular flexibility index (Phi) is 4.40. The van der Waals surface area contributed by atoms with Crippen LogP contribution >= 0.6 is 0 Å². The minimum Gasteiger partial charge on any atom is -0.300 e. The van der Waals surface area contributed by atoms with Crippen molar-refractivity contribution < 1.29 is 18.0 Å². The van der Waals surface area contributed by atoms with Crippen LogP contribution in [-0.2, 0) is 11.0 Å². The number of nitrogens with zero attached hydrogens (tertiary/aromatic N) is 2. The van der Waals surface area contributed by atoms with Gasteiger partial charge in [0.15, 0.2) is 0 Å². The molecule has 2 unspecified atom stereocenters. The highest BCUT2D eigenvalue weighted by Crippen LogP contribution is 2.44. The van der Waals surface area contributed by atoms with Gasteiger partial charge in [-0.1, -0.05) is 19.9 Å². The number of carbonyl (C=O) groups excluding carboxylic acids is 1. The van der Waals surface area contributed by atoms with Crippen molar-refractivity contribution in [3.63, 3.8) is 0 Å². The average molecular weight is 312 g/mol. The van der Waals surface area contributed by atoms with Crippen LogP contribution in [0.4, 0.5) is 13.2 Å². The van der Waals surface area contributed by atoms with E-state index in [1.807, 2.05) is 13.8 Å². The number of halogens is 3. The first kappa shape index (κ1) is 16.6. The highest BCUT2D eigenvalue weighted by Gasteiger charge is 2.43. The molecule has 2 rings (SSSR count). The zero-order chi connectivity index (χ0) is 16.5. The highest BCUT2D eigenvalue weighted by molar-refractivity contribution is 5.87. The number of ketones is 1. The Bertz CT molecular complexity index is 581. The molecule has 0 aromatic carbocycles. The molecular weight excluding hydrogens is 293 g/mol. The van der Waals surface area contributed by atoms with Gasteiger partial charge >= 0.3 is 6.18 Å². The third-order valence-electron chi connectivity index (χ3n) is 4.19. The Morgan fingerprint density at radius 3 is 2.68 bits per heavy atom. The van der Waals surface area contributed by atoms with Gasteiger partial charge in [0.2, 0.25) is 0 Å². The number of carbonyl (C=O) groups is 1. The SMILES string of the molecule is C=NCC1CC(c2cccc(C(F)(F)F)n2)CC(C)(C)C1=O. The van der Waals surface area contributed by atoms with E-state index in [0.29, 0.717) is 25.1 Å². The molecule has 1 saturated carbocycles. The van der Waals surface area contributed by atoms with Crippen LogP contribution in [0.5, 0.6) is 0 Å². The van der Waals surface area contributed by atoms with Crippen molar-refractivity contribution >= 4 is 12.5 Å². The second-order valence-electron chi connectivity index (χ2n) is 6.43. The molecule has 2 atom stereocenters. The molecule has 3 nitrogen and oxygen atoms in total. The van der Waals surface area contributed by atoms with E-state index in [9.17, 15) is 18.0 Å². The maximum Gasteiger partial charge on any atom is 0.433 e. The molecule has 1 heterocycles. The molecule has 22 heavy (non-hydrogen) atoms. The molecule has 0 spiro atoms. The molecule has 1 fully saturated rings. The van der Waals surface area contributed by atoms with Crippen molar-refractivity contribution in [3.8, 4) is 0 Å². The number of rotatable bonds is 3. The Labute approximate surface area is 127 Å². The second-order valence-corrected chi connectivity index (χ2v) is 6.43. The summed E-state index contributed by atoms with van der Waals surface area (Å²) in [6.07, 6.45) is -3.50. The Hall–Kier alpha value is -1.72. The van der Waals surface area contributed by atoms with Gasteiger partial charge in [0, 0.05) is 29.5 Å². The maximum absolute atomic E-state index is 12.8. The van der Waals surface area contributed by atoms with Crippen LogP contribution in [0, 0.1) is 11.3 Å². The summed E-state index contributed by atoms with van der Waals surface area (Å²) in [5, 5.41) is 0. The third kappa shape index (κ3) is 3.36. The van der Waals surface area contributed by atoms with Gasteiger partial charge in [-0.25, -0.2) is 4.98 Å². The number of hydrogen-bond acceptors (Lipinski definition) is 3. The number of aliphatic imine (C=N–C) groups is 1. The summed E-state index contributed by atoms with van der Waals surface area (Å²) in [5.41, 5.74) is -1.09. The van der Waals surface area contributed by atoms with Crippen LogP contribution in [-0.4, -0.2) is 24.0 Å². The highest BCUT2D eigenvalue weighted by atomic mass is 19.4. The summed E-state index contributed by atoms with van der Waals surface area (Å²) in [4.78, 5) is 19.9. The van der Waals surface area contributed by atoms with E-state index >= 15 is 0 Å². The molecule has 0 N–H and O–H groups in total. The maximum atomic E-state index is 12.8. The summed E-state index contributed by atoms with van der Waals surface area (Å²) >= 11 is 0. The summed E-state index contributed by atoms with van der Waals surface area (Å²) in [7, 11) is 0. The minimum absolute atomic E-state index is 0.100.